The molecule has 1 aliphatic heterocycles. The molecule has 1 fully saturated rings. The average molecular weight is 311 g/mol. The van der Waals surface area contributed by atoms with E-state index in [2.05, 4.69) is 15.1 Å². The number of aromatic nitrogens is 3. The van der Waals surface area contributed by atoms with Crippen LogP contribution in [-0.2, 0) is 0 Å². The quantitative estimate of drug-likeness (QED) is 0.720. The van der Waals surface area contributed by atoms with Crippen molar-refractivity contribution in [3.05, 3.63) is 48.6 Å². The van der Waals surface area contributed by atoms with E-state index in [1.54, 1.807) is 12.1 Å². The largest absolute Gasteiger partial charge is 0.459 e. The van der Waals surface area contributed by atoms with Crippen molar-refractivity contribution in [1.82, 2.24) is 19.5 Å². The van der Waals surface area contributed by atoms with Gasteiger partial charge in [-0.15, -0.1) is 10.2 Å². The smallest absolute Gasteiger partial charge is 0.289 e. The summed E-state index contributed by atoms with van der Waals surface area (Å²) >= 11 is 0. The van der Waals surface area contributed by atoms with Crippen LogP contribution in [0.4, 0.5) is 5.95 Å². The van der Waals surface area contributed by atoms with Gasteiger partial charge in [0.25, 0.3) is 5.91 Å². The molecule has 23 heavy (non-hydrogen) atoms. The van der Waals surface area contributed by atoms with Gasteiger partial charge in [0.15, 0.2) is 11.4 Å². The highest BCUT2D eigenvalue weighted by atomic mass is 16.3. The van der Waals surface area contributed by atoms with E-state index < -0.39 is 0 Å². The van der Waals surface area contributed by atoms with Crippen molar-refractivity contribution in [2.75, 3.05) is 31.1 Å². The van der Waals surface area contributed by atoms with Gasteiger partial charge in [0.1, 0.15) is 0 Å². The fraction of sp³-hybridized carbons (Fsp3) is 0.312. The van der Waals surface area contributed by atoms with Crippen molar-refractivity contribution in [2.45, 2.75) is 6.42 Å². The monoisotopic (exact) mass is 311 g/mol. The lowest BCUT2D eigenvalue weighted by Crippen LogP contribution is -2.35. The Morgan fingerprint density at radius 2 is 2.00 bits per heavy atom. The summed E-state index contributed by atoms with van der Waals surface area (Å²) in [6.07, 6.45) is 4.37. The topological polar surface area (TPSA) is 66.9 Å². The van der Waals surface area contributed by atoms with Crippen molar-refractivity contribution in [2.24, 2.45) is 0 Å². The van der Waals surface area contributed by atoms with Crippen molar-refractivity contribution < 1.29 is 9.21 Å². The average Bonchev–Trinajstić information content (AvgIpc) is 3.20. The number of rotatable bonds is 2. The molecule has 3 aromatic heterocycles. The fourth-order valence-electron chi connectivity index (χ4n) is 2.92. The Kier molecular flexibility index (Phi) is 3.45. The molecule has 1 aliphatic rings. The lowest BCUT2D eigenvalue weighted by Gasteiger charge is -2.21. The highest BCUT2D eigenvalue weighted by molar-refractivity contribution is 5.91. The van der Waals surface area contributed by atoms with Gasteiger partial charge in [-0.3, -0.25) is 9.20 Å². The van der Waals surface area contributed by atoms with Crippen molar-refractivity contribution in [3.8, 4) is 0 Å². The molecule has 0 aliphatic carbocycles. The van der Waals surface area contributed by atoms with Crippen LogP contribution >= 0.6 is 0 Å². The van der Waals surface area contributed by atoms with Gasteiger partial charge in [0.05, 0.1) is 6.26 Å². The van der Waals surface area contributed by atoms with Crippen LogP contribution < -0.4 is 4.90 Å². The molecule has 7 heteroatoms. The highest BCUT2D eigenvalue weighted by Crippen LogP contribution is 2.16. The van der Waals surface area contributed by atoms with Gasteiger partial charge in [-0.05, 0) is 30.7 Å². The van der Waals surface area contributed by atoms with E-state index >= 15 is 0 Å². The molecule has 0 unspecified atom stereocenters. The Balaban J connectivity index is 1.52. The molecule has 0 saturated carbocycles. The SMILES string of the molecule is O=C(c1ccco1)N1CCCN(c2nnc3ccccn23)CC1. The van der Waals surface area contributed by atoms with Crippen molar-refractivity contribution >= 4 is 17.5 Å². The maximum atomic E-state index is 12.4. The zero-order valence-corrected chi connectivity index (χ0v) is 12.6. The molecule has 0 radical (unpaired) electrons. The van der Waals surface area contributed by atoms with E-state index in [0.717, 1.165) is 31.1 Å². The van der Waals surface area contributed by atoms with Crippen LogP contribution in [0.5, 0.6) is 0 Å². The summed E-state index contributed by atoms with van der Waals surface area (Å²) in [5.41, 5.74) is 0.829. The molecule has 3 aromatic rings. The first kappa shape index (κ1) is 13.8. The molecule has 0 bridgehead atoms. The van der Waals surface area contributed by atoms with E-state index in [9.17, 15) is 4.79 Å². The minimum absolute atomic E-state index is 0.0528. The third kappa shape index (κ3) is 2.54. The van der Waals surface area contributed by atoms with Gasteiger partial charge in [0, 0.05) is 32.4 Å². The molecule has 4 rings (SSSR count). The van der Waals surface area contributed by atoms with Crippen LogP contribution in [0.2, 0.25) is 0 Å². The van der Waals surface area contributed by atoms with Crippen LogP contribution in [0.25, 0.3) is 5.65 Å². The van der Waals surface area contributed by atoms with Crippen LogP contribution in [0.15, 0.2) is 47.2 Å². The Bertz CT molecular complexity index is 811. The third-order valence-corrected chi connectivity index (χ3v) is 4.09. The molecule has 118 valence electrons. The van der Waals surface area contributed by atoms with Gasteiger partial charge in [-0.1, -0.05) is 6.07 Å². The molecule has 0 atom stereocenters. The van der Waals surface area contributed by atoms with Gasteiger partial charge in [-0.25, -0.2) is 0 Å². The molecule has 1 saturated heterocycles. The number of hydrogen-bond donors (Lipinski definition) is 0. The Labute approximate surface area is 133 Å². The standard InChI is InChI=1S/C16H17N5O2/c22-15(13-5-3-12-23-13)19-7-4-8-20(11-10-19)16-18-17-14-6-1-2-9-21(14)16/h1-3,5-6,9,12H,4,7-8,10-11H2. The van der Waals surface area contributed by atoms with Crippen LogP contribution in [-0.4, -0.2) is 51.6 Å². The van der Waals surface area contributed by atoms with Gasteiger partial charge < -0.3 is 14.2 Å². The number of hydrogen-bond acceptors (Lipinski definition) is 5. The van der Waals surface area contributed by atoms with E-state index in [-0.39, 0.29) is 5.91 Å². The minimum Gasteiger partial charge on any atom is -0.459 e. The number of anilines is 1. The first-order valence-electron chi connectivity index (χ1n) is 7.70. The summed E-state index contributed by atoms with van der Waals surface area (Å²) in [4.78, 5) is 16.4. The molecule has 1 amide bonds. The van der Waals surface area contributed by atoms with Crippen molar-refractivity contribution in [3.63, 3.8) is 0 Å². The summed E-state index contributed by atoms with van der Waals surface area (Å²) in [5.74, 6) is 1.17. The van der Waals surface area contributed by atoms with Crippen LogP contribution in [0, 0.1) is 0 Å². The second-order valence-electron chi connectivity index (χ2n) is 5.54. The number of pyridine rings is 1. The summed E-state index contributed by atoms with van der Waals surface area (Å²) < 4.78 is 7.19. The first-order chi connectivity index (χ1) is 11.3. The number of fused-ring (bicyclic) bond motifs is 1. The fourth-order valence-corrected chi connectivity index (χ4v) is 2.92. The molecular formula is C16H17N5O2. The van der Waals surface area contributed by atoms with E-state index in [1.807, 2.05) is 33.7 Å². The maximum absolute atomic E-state index is 12.4. The van der Waals surface area contributed by atoms with Crippen LogP contribution in [0.3, 0.4) is 0 Å². The summed E-state index contributed by atoms with van der Waals surface area (Å²) in [6.45, 7) is 2.92. The van der Waals surface area contributed by atoms with Crippen molar-refractivity contribution in [1.29, 1.82) is 0 Å². The Morgan fingerprint density at radius 1 is 1.04 bits per heavy atom. The molecular weight excluding hydrogens is 294 g/mol. The molecule has 4 heterocycles. The third-order valence-electron chi connectivity index (χ3n) is 4.09. The second kappa shape index (κ2) is 5.75. The lowest BCUT2D eigenvalue weighted by atomic mass is 10.3. The number of nitrogens with zero attached hydrogens (tertiary/aromatic N) is 5. The molecule has 0 N–H and O–H groups in total. The Hall–Kier alpha value is -2.83. The van der Waals surface area contributed by atoms with Gasteiger partial charge >= 0.3 is 0 Å². The van der Waals surface area contributed by atoms with E-state index in [0.29, 0.717) is 18.8 Å². The van der Waals surface area contributed by atoms with Crippen LogP contribution in [0.1, 0.15) is 17.0 Å². The normalized spacial score (nSPS) is 15.8. The van der Waals surface area contributed by atoms with E-state index in [4.69, 9.17) is 4.42 Å². The highest BCUT2D eigenvalue weighted by Gasteiger charge is 2.23. The predicted molar refractivity (Wildman–Crippen MR) is 84.4 cm³/mol. The molecule has 0 spiro atoms. The molecule has 7 nitrogen and oxygen atoms in total. The maximum Gasteiger partial charge on any atom is 0.289 e. The summed E-state index contributed by atoms with van der Waals surface area (Å²) in [7, 11) is 0. The zero-order chi connectivity index (χ0) is 15.6. The lowest BCUT2D eigenvalue weighted by molar-refractivity contribution is 0.0735. The minimum atomic E-state index is -0.0528. The number of carbonyl (C=O) groups excluding carboxylic acids is 1. The summed E-state index contributed by atoms with van der Waals surface area (Å²) in [5, 5.41) is 8.49. The van der Waals surface area contributed by atoms with Gasteiger partial charge in [-0.2, -0.15) is 0 Å². The number of furan rings is 1. The summed E-state index contributed by atoms with van der Waals surface area (Å²) in [6, 6.07) is 9.28. The zero-order valence-electron chi connectivity index (χ0n) is 12.6. The Morgan fingerprint density at radius 3 is 2.87 bits per heavy atom. The predicted octanol–water partition coefficient (Wildman–Crippen LogP) is 1.67. The first-order valence-corrected chi connectivity index (χ1v) is 7.70. The number of carbonyl (C=O) groups is 1. The molecule has 0 aromatic carbocycles. The van der Waals surface area contributed by atoms with Gasteiger partial charge in [0.2, 0.25) is 5.95 Å². The number of amides is 1. The second-order valence-corrected chi connectivity index (χ2v) is 5.54. The van der Waals surface area contributed by atoms with E-state index in [1.165, 1.54) is 6.26 Å².